The monoisotopic (exact) mass is 235 g/mol. The van der Waals surface area contributed by atoms with Gasteiger partial charge in [-0.05, 0) is 36.6 Å². The lowest BCUT2D eigenvalue weighted by atomic mass is 10.0. The van der Waals surface area contributed by atoms with Crippen LogP contribution in [0.1, 0.15) is 38.3 Å². The number of nitrogens with one attached hydrogen (secondary N) is 1. The zero-order chi connectivity index (χ0) is 12.8. The minimum atomic E-state index is -0.172. The summed E-state index contributed by atoms with van der Waals surface area (Å²) in [6.45, 7) is 9.25. The summed E-state index contributed by atoms with van der Waals surface area (Å²) in [4.78, 5) is 0. The van der Waals surface area contributed by atoms with Gasteiger partial charge >= 0.3 is 0 Å². The van der Waals surface area contributed by atoms with E-state index in [1.165, 1.54) is 11.6 Å². The first kappa shape index (κ1) is 13.9. The van der Waals surface area contributed by atoms with E-state index in [2.05, 4.69) is 32.2 Å². The molecule has 0 spiro atoms. The molecule has 0 atom stereocenters. The van der Waals surface area contributed by atoms with Gasteiger partial charge < -0.3 is 5.32 Å². The Bertz CT molecular complexity index is 394. The van der Waals surface area contributed by atoms with Gasteiger partial charge in [-0.15, -0.1) is 0 Å². The van der Waals surface area contributed by atoms with Gasteiger partial charge in [0.2, 0.25) is 0 Å². The predicted octanol–water partition coefficient (Wildman–Crippen LogP) is 3.93. The van der Waals surface area contributed by atoms with E-state index in [1.54, 1.807) is 6.07 Å². The summed E-state index contributed by atoms with van der Waals surface area (Å²) >= 11 is 0. The molecule has 0 heterocycles. The minimum Gasteiger partial charge on any atom is -0.311 e. The summed E-state index contributed by atoms with van der Waals surface area (Å²) in [5.41, 5.74) is 3.39. The third-order valence-electron chi connectivity index (χ3n) is 2.79. The first-order chi connectivity index (χ1) is 8.02. The van der Waals surface area contributed by atoms with Crippen LogP contribution in [0.4, 0.5) is 4.39 Å². The van der Waals surface area contributed by atoms with Crippen molar-refractivity contribution in [3.8, 4) is 0 Å². The van der Waals surface area contributed by atoms with Gasteiger partial charge in [0.1, 0.15) is 5.82 Å². The predicted molar refractivity (Wildman–Crippen MR) is 72.5 cm³/mol. The molecule has 1 N–H and O–H groups in total. The number of hydrogen-bond donors (Lipinski definition) is 1. The van der Waals surface area contributed by atoms with Gasteiger partial charge in [0.25, 0.3) is 0 Å². The van der Waals surface area contributed by atoms with Crippen molar-refractivity contribution in [1.29, 1.82) is 0 Å². The molecule has 0 aliphatic rings. The van der Waals surface area contributed by atoms with Gasteiger partial charge in [0, 0.05) is 12.6 Å². The molecule has 1 aromatic carbocycles. The van der Waals surface area contributed by atoms with Crippen LogP contribution in [0.15, 0.2) is 23.8 Å². The number of halogens is 1. The SMILES string of the molecule is CC/C(=C/c1cc(F)ccc1C)CNC(C)C. The van der Waals surface area contributed by atoms with Crippen LogP contribution >= 0.6 is 0 Å². The highest BCUT2D eigenvalue weighted by Gasteiger charge is 2.01. The van der Waals surface area contributed by atoms with Gasteiger partial charge in [-0.1, -0.05) is 38.5 Å². The fourth-order valence-electron chi connectivity index (χ4n) is 1.60. The maximum absolute atomic E-state index is 13.2. The molecule has 0 amide bonds. The lowest BCUT2D eigenvalue weighted by Crippen LogP contribution is -2.24. The smallest absolute Gasteiger partial charge is 0.123 e. The molecule has 0 fully saturated rings. The maximum atomic E-state index is 13.2. The van der Waals surface area contributed by atoms with Crippen LogP contribution in [0.25, 0.3) is 6.08 Å². The second-order valence-corrected chi connectivity index (χ2v) is 4.69. The first-order valence-corrected chi connectivity index (χ1v) is 6.22. The molecule has 1 aromatic rings. The van der Waals surface area contributed by atoms with E-state index in [4.69, 9.17) is 0 Å². The Balaban J connectivity index is 2.86. The molecule has 2 heteroatoms. The highest BCUT2D eigenvalue weighted by atomic mass is 19.1. The molecule has 0 aromatic heterocycles. The van der Waals surface area contributed by atoms with Crippen molar-refractivity contribution < 1.29 is 4.39 Å². The molecule has 0 unspecified atom stereocenters. The van der Waals surface area contributed by atoms with Gasteiger partial charge in [-0.2, -0.15) is 0 Å². The van der Waals surface area contributed by atoms with E-state index >= 15 is 0 Å². The molecule has 0 aliphatic carbocycles. The van der Waals surface area contributed by atoms with Crippen molar-refractivity contribution in [2.75, 3.05) is 6.54 Å². The molecule has 0 aliphatic heterocycles. The highest BCUT2D eigenvalue weighted by molar-refractivity contribution is 5.56. The van der Waals surface area contributed by atoms with Crippen molar-refractivity contribution in [1.82, 2.24) is 5.32 Å². The Morgan fingerprint density at radius 2 is 2.12 bits per heavy atom. The average Bonchev–Trinajstić information content (AvgIpc) is 2.28. The lowest BCUT2D eigenvalue weighted by Gasteiger charge is -2.11. The first-order valence-electron chi connectivity index (χ1n) is 6.22. The summed E-state index contributed by atoms with van der Waals surface area (Å²) in [5.74, 6) is -0.172. The summed E-state index contributed by atoms with van der Waals surface area (Å²) in [5, 5.41) is 3.39. The van der Waals surface area contributed by atoms with E-state index in [1.807, 2.05) is 13.0 Å². The third kappa shape index (κ3) is 4.70. The largest absolute Gasteiger partial charge is 0.311 e. The zero-order valence-corrected chi connectivity index (χ0v) is 11.2. The van der Waals surface area contributed by atoms with Crippen LogP contribution in [-0.4, -0.2) is 12.6 Å². The fourth-order valence-corrected chi connectivity index (χ4v) is 1.60. The zero-order valence-electron chi connectivity index (χ0n) is 11.2. The molecule has 0 bridgehead atoms. The second kappa shape index (κ2) is 6.55. The second-order valence-electron chi connectivity index (χ2n) is 4.69. The maximum Gasteiger partial charge on any atom is 0.123 e. The van der Waals surface area contributed by atoms with E-state index in [0.717, 1.165) is 24.1 Å². The van der Waals surface area contributed by atoms with Crippen molar-refractivity contribution in [2.45, 2.75) is 40.2 Å². The van der Waals surface area contributed by atoms with Crippen LogP contribution in [0.5, 0.6) is 0 Å². The third-order valence-corrected chi connectivity index (χ3v) is 2.79. The molecule has 94 valence electrons. The topological polar surface area (TPSA) is 12.0 Å². The lowest BCUT2D eigenvalue weighted by molar-refractivity contribution is 0.616. The number of aryl methyl sites for hydroxylation is 1. The van der Waals surface area contributed by atoms with Crippen molar-refractivity contribution in [3.63, 3.8) is 0 Å². The van der Waals surface area contributed by atoms with Crippen LogP contribution in [0.2, 0.25) is 0 Å². The fraction of sp³-hybridized carbons (Fsp3) is 0.467. The van der Waals surface area contributed by atoms with Gasteiger partial charge in [-0.25, -0.2) is 4.39 Å². The molecular formula is C15H22FN. The van der Waals surface area contributed by atoms with Crippen LogP contribution in [0, 0.1) is 12.7 Å². The molecule has 0 saturated heterocycles. The Morgan fingerprint density at radius 3 is 2.71 bits per heavy atom. The van der Waals surface area contributed by atoms with E-state index in [0.29, 0.717) is 6.04 Å². The number of benzene rings is 1. The van der Waals surface area contributed by atoms with Gasteiger partial charge in [-0.3, -0.25) is 0 Å². The normalized spacial score (nSPS) is 12.2. The van der Waals surface area contributed by atoms with Crippen molar-refractivity contribution >= 4 is 6.08 Å². The molecule has 0 saturated carbocycles. The van der Waals surface area contributed by atoms with E-state index < -0.39 is 0 Å². The Kier molecular flexibility index (Phi) is 5.36. The molecule has 17 heavy (non-hydrogen) atoms. The van der Waals surface area contributed by atoms with Gasteiger partial charge in [0.15, 0.2) is 0 Å². The van der Waals surface area contributed by atoms with E-state index in [9.17, 15) is 4.39 Å². The molecule has 1 rings (SSSR count). The van der Waals surface area contributed by atoms with Crippen molar-refractivity contribution in [2.24, 2.45) is 0 Å². The Hall–Kier alpha value is -1.15. The highest BCUT2D eigenvalue weighted by Crippen LogP contribution is 2.15. The van der Waals surface area contributed by atoms with Crippen LogP contribution in [0.3, 0.4) is 0 Å². The summed E-state index contributed by atoms with van der Waals surface area (Å²) in [6, 6.07) is 5.40. The average molecular weight is 235 g/mol. The standard InChI is InChI=1S/C15H22FN/c1-5-13(10-17-11(2)3)8-14-9-15(16)7-6-12(14)4/h6-9,11,17H,5,10H2,1-4H3/b13-8-. The Labute approximate surface area is 104 Å². The minimum absolute atomic E-state index is 0.172. The number of hydrogen-bond acceptors (Lipinski definition) is 1. The summed E-state index contributed by atoms with van der Waals surface area (Å²) < 4.78 is 13.2. The summed E-state index contributed by atoms with van der Waals surface area (Å²) in [7, 11) is 0. The Morgan fingerprint density at radius 1 is 1.41 bits per heavy atom. The van der Waals surface area contributed by atoms with Crippen molar-refractivity contribution in [3.05, 3.63) is 40.7 Å². The van der Waals surface area contributed by atoms with Crippen LogP contribution in [-0.2, 0) is 0 Å². The van der Waals surface area contributed by atoms with Crippen LogP contribution < -0.4 is 5.32 Å². The van der Waals surface area contributed by atoms with Gasteiger partial charge in [0.05, 0.1) is 0 Å². The molecular weight excluding hydrogens is 213 g/mol. The quantitative estimate of drug-likeness (QED) is 0.815. The number of rotatable bonds is 5. The summed E-state index contributed by atoms with van der Waals surface area (Å²) in [6.07, 6.45) is 3.07. The molecule has 1 nitrogen and oxygen atoms in total. The van der Waals surface area contributed by atoms with E-state index in [-0.39, 0.29) is 5.82 Å². The molecule has 0 radical (unpaired) electrons.